The molecule has 0 aliphatic carbocycles. The Morgan fingerprint density at radius 3 is 2.22 bits per heavy atom. The summed E-state index contributed by atoms with van der Waals surface area (Å²) >= 11 is 0. The Morgan fingerprint density at radius 2 is 1.63 bits per heavy atom. The van der Waals surface area contributed by atoms with Crippen molar-refractivity contribution in [3.8, 4) is 23.0 Å². The first-order chi connectivity index (χ1) is 13.1. The standard InChI is InChI=1S/C20H24O7/c1-5-25-20-17(23-3)10-14(11-18(20)24-4)6-7-15-12-16(13-19(21)27-15)26-9-8-22-2/h6-7,10-13H,5,8-9H2,1-4H3/b7-6+. The van der Waals surface area contributed by atoms with E-state index in [1.54, 1.807) is 51.7 Å². The molecular formula is C20H24O7. The van der Waals surface area contributed by atoms with Gasteiger partial charge in [-0.3, -0.25) is 0 Å². The fourth-order valence-corrected chi connectivity index (χ4v) is 2.34. The Morgan fingerprint density at radius 1 is 0.926 bits per heavy atom. The van der Waals surface area contributed by atoms with Gasteiger partial charge in [0.15, 0.2) is 11.5 Å². The van der Waals surface area contributed by atoms with Gasteiger partial charge < -0.3 is 28.1 Å². The first-order valence-corrected chi connectivity index (χ1v) is 8.45. The quantitative estimate of drug-likeness (QED) is 0.589. The van der Waals surface area contributed by atoms with E-state index >= 15 is 0 Å². The summed E-state index contributed by atoms with van der Waals surface area (Å²) in [5, 5.41) is 0. The van der Waals surface area contributed by atoms with Crippen LogP contribution in [0.1, 0.15) is 18.2 Å². The molecule has 0 spiro atoms. The van der Waals surface area contributed by atoms with Crippen molar-refractivity contribution >= 4 is 12.2 Å². The van der Waals surface area contributed by atoms with E-state index in [0.717, 1.165) is 5.56 Å². The molecule has 2 rings (SSSR count). The van der Waals surface area contributed by atoms with Gasteiger partial charge in [-0.15, -0.1) is 0 Å². The molecule has 1 aromatic carbocycles. The normalized spacial score (nSPS) is 10.8. The summed E-state index contributed by atoms with van der Waals surface area (Å²) in [7, 11) is 4.70. The van der Waals surface area contributed by atoms with Crippen molar-refractivity contribution in [2.75, 3.05) is 41.2 Å². The lowest BCUT2D eigenvalue weighted by Crippen LogP contribution is -2.07. The number of methoxy groups -OCH3 is 3. The van der Waals surface area contributed by atoms with Crippen LogP contribution in [0.5, 0.6) is 23.0 Å². The lowest BCUT2D eigenvalue weighted by atomic mass is 10.1. The fourth-order valence-electron chi connectivity index (χ4n) is 2.34. The third-order valence-corrected chi connectivity index (χ3v) is 3.53. The zero-order chi connectivity index (χ0) is 19.6. The second-order valence-corrected chi connectivity index (χ2v) is 5.38. The van der Waals surface area contributed by atoms with Crippen LogP contribution in [0.25, 0.3) is 12.2 Å². The summed E-state index contributed by atoms with van der Waals surface area (Å²) < 4.78 is 31.9. The molecule has 2 aromatic rings. The minimum Gasteiger partial charge on any atom is -0.493 e. The number of benzene rings is 1. The molecule has 1 aromatic heterocycles. The van der Waals surface area contributed by atoms with Crippen LogP contribution in [0.15, 0.2) is 33.5 Å². The average Bonchev–Trinajstić information content (AvgIpc) is 2.67. The van der Waals surface area contributed by atoms with Crippen molar-refractivity contribution in [1.29, 1.82) is 0 Å². The van der Waals surface area contributed by atoms with Crippen molar-refractivity contribution in [1.82, 2.24) is 0 Å². The topological polar surface area (TPSA) is 76.4 Å². The van der Waals surface area contributed by atoms with E-state index in [1.807, 2.05) is 6.92 Å². The van der Waals surface area contributed by atoms with Gasteiger partial charge >= 0.3 is 5.63 Å². The molecule has 146 valence electrons. The molecule has 7 nitrogen and oxygen atoms in total. The molecule has 0 fully saturated rings. The third kappa shape index (κ3) is 5.79. The van der Waals surface area contributed by atoms with E-state index in [9.17, 15) is 4.79 Å². The molecule has 0 amide bonds. The SMILES string of the molecule is CCOc1c(OC)cc(/C=C/c2cc(OCCOC)cc(=O)o2)cc1OC. The van der Waals surface area contributed by atoms with E-state index in [1.165, 1.54) is 6.07 Å². The van der Waals surface area contributed by atoms with Crippen molar-refractivity contribution in [3.63, 3.8) is 0 Å². The van der Waals surface area contributed by atoms with Gasteiger partial charge in [0.1, 0.15) is 18.1 Å². The molecule has 0 N–H and O–H groups in total. The van der Waals surface area contributed by atoms with Crippen molar-refractivity contribution in [2.24, 2.45) is 0 Å². The van der Waals surface area contributed by atoms with Crippen LogP contribution in [0, 0.1) is 0 Å². The maximum atomic E-state index is 11.7. The minimum absolute atomic E-state index is 0.344. The summed E-state index contributed by atoms with van der Waals surface area (Å²) in [6, 6.07) is 6.54. The molecule has 7 heteroatoms. The Bertz CT molecular complexity index is 798. The lowest BCUT2D eigenvalue weighted by Gasteiger charge is -2.14. The van der Waals surface area contributed by atoms with Crippen LogP contribution < -0.4 is 24.6 Å². The summed E-state index contributed by atoms with van der Waals surface area (Å²) in [6.07, 6.45) is 3.44. The molecule has 0 bridgehead atoms. The second-order valence-electron chi connectivity index (χ2n) is 5.38. The molecular weight excluding hydrogens is 352 g/mol. The summed E-state index contributed by atoms with van der Waals surface area (Å²) in [6.45, 7) is 3.15. The molecule has 0 saturated carbocycles. The predicted octanol–water partition coefficient (Wildman–Crippen LogP) is 3.25. The number of hydrogen-bond acceptors (Lipinski definition) is 7. The number of ether oxygens (including phenoxy) is 5. The van der Waals surface area contributed by atoms with E-state index in [-0.39, 0.29) is 0 Å². The number of hydrogen-bond donors (Lipinski definition) is 0. The highest BCUT2D eigenvalue weighted by Gasteiger charge is 2.13. The van der Waals surface area contributed by atoms with Gasteiger partial charge in [0.05, 0.1) is 33.5 Å². The van der Waals surface area contributed by atoms with E-state index in [2.05, 4.69) is 0 Å². The minimum atomic E-state index is -0.494. The second kappa shape index (κ2) is 10.3. The highest BCUT2D eigenvalue weighted by molar-refractivity contribution is 5.71. The Balaban J connectivity index is 2.28. The Kier molecular flexibility index (Phi) is 7.76. The van der Waals surface area contributed by atoms with Gasteiger partial charge in [-0.1, -0.05) is 6.08 Å². The van der Waals surface area contributed by atoms with Crippen LogP contribution >= 0.6 is 0 Å². The van der Waals surface area contributed by atoms with Crippen LogP contribution in [-0.4, -0.2) is 41.2 Å². The molecule has 0 radical (unpaired) electrons. The van der Waals surface area contributed by atoms with Crippen molar-refractivity contribution in [3.05, 3.63) is 46.0 Å². The van der Waals surface area contributed by atoms with Gasteiger partial charge in [-0.05, 0) is 30.7 Å². The van der Waals surface area contributed by atoms with Gasteiger partial charge in [-0.25, -0.2) is 4.79 Å². The highest BCUT2D eigenvalue weighted by atomic mass is 16.5. The van der Waals surface area contributed by atoms with E-state index in [0.29, 0.717) is 48.6 Å². The maximum absolute atomic E-state index is 11.7. The monoisotopic (exact) mass is 376 g/mol. The van der Waals surface area contributed by atoms with Crippen LogP contribution in [-0.2, 0) is 4.74 Å². The van der Waals surface area contributed by atoms with E-state index in [4.69, 9.17) is 28.1 Å². The largest absolute Gasteiger partial charge is 0.493 e. The van der Waals surface area contributed by atoms with Crippen LogP contribution in [0.3, 0.4) is 0 Å². The first kappa shape index (κ1) is 20.4. The summed E-state index contributed by atoms with van der Waals surface area (Å²) in [5.74, 6) is 2.43. The van der Waals surface area contributed by atoms with Gasteiger partial charge in [0, 0.05) is 13.2 Å². The Hall–Kier alpha value is -2.93. The summed E-state index contributed by atoms with van der Waals surface area (Å²) in [4.78, 5) is 11.7. The van der Waals surface area contributed by atoms with E-state index < -0.39 is 5.63 Å². The zero-order valence-electron chi connectivity index (χ0n) is 15.9. The van der Waals surface area contributed by atoms with Gasteiger partial charge in [0.2, 0.25) is 5.75 Å². The van der Waals surface area contributed by atoms with Gasteiger partial charge in [-0.2, -0.15) is 0 Å². The molecule has 27 heavy (non-hydrogen) atoms. The molecule has 0 aliphatic heterocycles. The van der Waals surface area contributed by atoms with Crippen LogP contribution in [0.2, 0.25) is 0 Å². The molecule has 0 unspecified atom stereocenters. The highest BCUT2D eigenvalue weighted by Crippen LogP contribution is 2.39. The zero-order valence-corrected chi connectivity index (χ0v) is 15.9. The van der Waals surface area contributed by atoms with Crippen molar-refractivity contribution < 1.29 is 28.1 Å². The summed E-state index contributed by atoms with van der Waals surface area (Å²) in [5.41, 5.74) is 0.298. The third-order valence-electron chi connectivity index (χ3n) is 3.53. The smallest absolute Gasteiger partial charge is 0.339 e. The molecule has 1 heterocycles. The number of rotatable bonds is 10. The van der Waals surface area contributed by atoms with Crippen molar-refractivity contribution in [2.45, 2.75) is 6.92 Å². The predicted molar refractivity (Wildman–Crippen MR) is 102 cm³/mol. The fraction of sp³-hybridized carbons (Fsp3) is 0.350. The maximum Gasteiger partial charge on any atom is 0.339 e. The molecule has 0 saturated heterocycles. The first-order valence-electron chi connectivity index (χ1n) is 8.45. The molecule has 0 aliphatic rings. The van der Waals surface area contributed by atoms with Gasteiger partial charge in [0.25, 0.3) is 0 Å². The average molecular weight is 376 g/mol. The van der Waals surface area contributed by atoms with Crippen LogP contribution in [0.4, 0.5) is 0 Å². The Labute approximate surface area is 158 Å². The molecule has 0 atom stereocenters. The lowest BCUT2D eigenvalue weighted by molar-refractivity contribution is 0.146.